The van der Waals surface area contributed by atoms with Gasteiger partial charge in [0, 0.05) is 15.7 Å². The van der Waals surface area contributed by atoms with E-state index in [0.29, 0.717) is 16.8 Å². The third-order valence-corrected chi connectivity index (χ3v) is 4.21. The molecule has 0 unspecified atom stereocenters. The Morgan fingerprint density at radius 3 is 2.48 bits per heavy atom. The molecule has 0 atom stereocenters. The molecule has 2 rings (SSSR count). The van der Waals surface area contributed by atoms with Crippen LogP contribution >= 0.6 is 15.9 Å². The van der Waals surface area contributed by atoms with Gasteiger partial charge in [0.2, 0.25) is 0 Å². The van der Waals surface area contributed by atoms with Gasteiger partial charge in [-0.05, 0) is 32.4 Å². The summed E-state index contributed by atoms with van der Waals surface area (Å²) in [6.07, 6.45) is 0. The van der Waals surface area contributed by atoms with Crippen LogP contribution in [-0.2, 0) is 16.1 Å². The van der Waals surface area contributed by atoms with E-state index in [0.717, 1.165) is 10.0 Å². The molecule has 0 aliphatic carbocycles. The lowest BCUT2D eigenvalue weighted by molar-refractivity contribution is 0.0464. The molecule has 1 N–H and O–H groups in total. The van der Waals surface area contributed by atoms with Gasteiger partial charge in [-0.1, -0.05) is 34.1 Å². The minimum absolute atomic E-state index is 0.145. The zero-order valence-corrected chi connectivity index (χ0v) is 14.8. The minimum atomic E-state index is -0.503. The van der Waals surface area contributed by atoms with Crippen LogP contribution in [-0.4, -0.2) is 23.5 Å². The van der Waals surface area contributed by atoms with E-state index < -0.39 is 11.9 Å². The van der Waals surface area contributed by atoms with Gasteiger partial charge >= 0.3 is 11.9 Å². The number of hydrogen-bond acceptors (Lipinski definition) is 4. The normalized spacial score (nSPS) is 10.4. The summed E-state index contributed by atoms with van der Waals surface area (Å²) in [5.41, 5.74) is 2.66. The number of ether oxygens (including phenoxy) is 2. The molecule has 6 heteroatoms. The molecule has 23 heavy (non-hydrogen) atoms. The quantitative estimate of drug-likeness (QED) is 0.799. The summed E-state index contributed by atoms with van der Waals surface area (Å²) in [5, 5.41) is 0. The van der Waals surface area contributed by atoms with Gasteiger partial charge in [-0.2, -0.15) is 0 Å². The standard InChI is InChI=1S/C17H18BrNO4/c1-4-22-16(20)14-10(2)15(19-11(14)3)17(21)23-9-12-7-5-6-8-13(12)18/h5-8,19H,4,9H2,1-3H3. The van der Waals surface area contributed by atoms with E-state index in [4.69, 9.17) is 9.47 Å². The van der Waals surface area contributed by atoms with Crippen molar-refractivity contribution < 1.29 is 19.1 Å². The number of hydrogen-bond donors (Lipinski definition) is 1. The molecule has 5 nitrogen and oxygen atoms in total. The van der Waals surface area contributed by atoms with Gasteiger partial charge in [-0.3, -0.25) is 0 Å². The van der Waals surface area contributed by atoms with Crippen molar-refractivity contribution in [2.45, 2.75) is 27.4 Å². The highest BCUT2D eigenvalue weighted by Crippen LogP contribution is 2.21. The van der Waals surface area contributed by atoms with E-state index >= 15 is 0 Å². The Kier molecular flexibility index (Phi) is 5.60. The SMILES string of the molecule is CCOC(=O)c1c(C)[nH]c(C(=O)OCc2ccccc2Br)c1C. The number of rotatable bonds is 5. The fraction of sp³-hybridized carbons (Fsp3) is 0.294. The molecular weight excluding hydrogens is 362 g/mol. The average Bonchev–Trinajstić information content (AvgIpc) is 2.81. The number of benzene rings is 1. The Labute approximate surface area is 143 Å². The van der Waals surface area contributed by atoms with Gasteiger partial charge in [0.05, 0.1) is 12.2 Å². The van der Waals surface area contributed by atoms with Crippen LogP contribution in [0, 0.1) is 13.8 Å². The Bertz CT molecular complexity index is 736. The van der Waals surface area contributed by atoms with E-state index in [1.807, 2.05) is 24.3 Å². The number of esters is 2. The van der Waals surface area contributed by atoms with E-state index in [-0.39, 0.29) is 18.9 Å². The summed E-state index contributed by atoms with van der Waals surface area (Å²) >= 11 is 3.41. The number of halogens is 1. The summed E-state index contributed by atoms with van der Waals surface area (Å²) in [4.78, 5) is 27.1. The van der Waals surface area contributed by atoms with Gasteiger partial charge in [0.15, 0.2) is 0 Å². The molecule has 0 amide bonds. The second kappa shape index (κ2) is 7.46. The molecule has 0 fully saturated rings. The lowest BCUT2D eigenvalue weighted by atomic mass is 10.1. The molecule has 0 bridgehead atoms. The second-order valence-corrected chi connectivity index (χ2v) is 5.87. The maximum Gasteiger partial charge on any atom is 0.355 e. The first kappa shape index (κ1) is 17.3. The fourth-order valence-electron chi connectivity index (χ4n) is 2.29. The highest BCUT2D eigenvalue weighted by molar-refractivity contribution is 9.10. The van der Waals surface area contributed by atoms with Crippen molar-refractivity contribution in [2.24, 2.45) is 0 Å². The summed E-state index contributed by atoms with van der Waals surface area (Å²) in [7, 11) is 0. The zero-order chi connectivity index (χ0) is 17.0. The Morgan fingerprint density at radius 1 is 1.13 bits per heavy atom. The van der Waals surface area contributed by atoms with Crippen LogP contribution in [0.3, 0.4) is 0 Å². The fourth-order valence-corrected chi connectivity index (χ4v) is 2.69. The van der Waals surface area contributed by atoms with Crippen LogP contribution in [0.15, 0.2) is 28.7 Å². The summed E-state index contributed by atoms with van der Waals surface area (Å²) < 4.78 is 11.2. The third kappa shape index (κ3) is 3.82. The van der Waals surface area contributed by atoms with Gasteiger partial charge in [-0.25, -0.2) is 9.59 Å². The number of H-pyrrole nitrogens is 1. The van der Waals surface area contributed by atoms with Crippen molar-refractivity contribution in [2.75, 3.05) is 6.61 Å². The Morgan fingerprint density at radius 2 is 1.83 bits per heavy atom. The number of nitrogens with one attached hydrogen (secondary N) is 1. The molecule has 0 spiro atoms. The van der Waals surface area contributed by atoms with E-state index in [1.165, 1.54) is 0 Å². The van der Waals surface area contributed by atoms with Gasteiger partial charge < -0.3 is 14.5 Å². The lowest BCUT2D eigenvalue weighted by Gasteiger charge is -2.06. The van der Waals surface area contributed by atoms with Gasteiger partial charge in [-0.15, -0.1) is 0 Å². The largest absolute Gasteiger partial charge is 0.462 e. The molecule has 0 saturated carbocycles. The smallest absolute Gasteiger partial charge is 0.355 e. The third-order valence-electron chi connectivity index (χ3n) is 3.44. The van der Waals surface area contributed by atoms with Crippen molar-refractivity contribution in [1.82, 2.24) is 4.98 Å². The maximum absolute atomic E-state index is 12.3. The summed E-state index contributed by atoms with van der Waals surface area (Å²) in [6, 6.07) is 7.51. The van der Waals surface area contributed by atoms with Crippen molar-refractivity contribution in [1.29, 1.82) is 0 Å². The summed E-state index contributed by atoms with van der Waals surface area (Å²) in [6.45, 7) is 5.59. The number of aromatic amines is 1. The first-order valence-electron chi connectivity index (χ1n) is 7.22. The number of aryl methyl sites for hydroxylation is 1. The molecule has 122 valence electrons. The van der Waals surface area contributed by atoms with E-state index in [2.05, 4.69) is 20.9 Å². The van der Waals surface area contributed by atoms with Gasteiger partial charge in [0.1, 0.15) is 12.3 Å². The van der Waals surface area contributed by atoms with Crippen LogP contribution in [0.25, 0.3) is 0 Å². The maximum atomic E-state index is 12.3. The predicted molar refractivity (Wildman–Crippen MR) is 89.5 cm³/mol. The molecule has 0 aliphatic rings. The topological polar surface area (TPSA) is 68.4 Å². The molecule has 1 heterocycles. The number of aromatic nitrogens is 1. The van der Waals surface area contributed by atoms with Crippen LogP contribution in [0.4, 0.5) is 0 Å². The van der Waals surface area contributed by atoms with Crippen molar-refractivity contribution in [3.8, 4) is 0 Å². The van der Waals surface area contributed by atoms with Crippen LogP contribution in [0.5, 0.6) is 0 Å². The molecule has 1 aromatic carbocycles. The summed E-state index contributed by atoms with van der Waals surface area (Å²) in [5.74, 6) is -0.944. The lowest BCUT2D eigenvalue weighted by Crippen LogP contribution is -2.09. The average molecular weight is 380 g/mol. The van der Waals surface area contributed by atoms with Crippen LogP contribution < -0.4 is 0 Å². The first-order valence-corrected chi connectivity index (χ1v) is 8.01. The first-order chi connectivity index (χ1) is 11.0. The molecule has 1 aromatic heterocycles. The highest BCUT2D eigenvalue weighted by Gasteiger charge is 2.23. The molecular formula is C17H18BrNO4. The Balaban J connectivity index is 2.16. The van der Waals surface area contributed by atoms with Crippen LogP contribution in [0.1, 0.15) is 44.6 Å². The second-order valence-electron chi connectivity index (χ2n) is 5.01. The monoisotopic (exact) mass is 379 g/mol. The van der Waals surface area contributed by atoms with E-state index in [9.17, 15) is 9.59 Å². The highest BCUT2D eigenvalue weighted by atomic mass is 79.9. The minimum Gasteiger partial charge on any atom is -0.462 e. The van der Waals surface area contributed by atoms with Crippen molar-refractivity contribution in [3.05, 3.63) is 56.8 Å². The Hall–Kier alpha value is -2.08. The number of carbonyl (C=O) groups is 2. The van der Waals surface area contributed by atoms with E-state index in [1.54, 1.807) is 20.8 Å². The molecule has 0 saturated heterocycles. The van der Waals surface area contributed by atoms with Crippen molar-refractivity contribution in [3.63, 3.8) is 0 Å². The molecule has 0 aliphatic heterocycles. The van der Waals surface area contributed by atoms with Crippen LogP contribution in [0.2, 0.25) is 0 Å². The molecule has 0 radical (unpaired) electrons. The predicted octanol–water partition coefficient (Wildman–Crippen LogP) is 3.93. The molecule has 2 aromatic rings. The van der Waals surface area contributed by atoms with Gasteiger partial charge in [0.25, 0.3) is 0 Å². The number of carbonyl (C=O) groups excluding carboxylic acids is 2. The zero-order valence-electron chi connectivity index (χ0n) is 13.2. The van der Waals surface area contributed by atoms with Crippen molar-refractivity contribution >= 4 is 27.9 Å².